The number of ether oxygens (including phenoxy) is 1. The summed E-state index contributed by atoms with van der Waals surface area (Å²) < 4.78 is 5.33. The third-order valence-electron chi connectivity index (χ3n) is 3.60. The summed E-state index contributed by atoms with van der Waals surface area (Å²) in [6.07, 6.45) is 2.02. The van der Waals surface area contributed by atoms with Crippen molar-refractivity contribution in [3.05, 3.63) is 29.3 Å². The predicted octanol–water partition coefficient (Wildman–Crippen LogP) is 1.22. The van der Waals surface area contributed by atoms with Crippen molar-refractivity contribution in [2.24, 2.45) is 0 Å². The van der Waals surface area contributed by atoms with Gasteiger partial charge in [-0.2, -0.15) is 0 Å². The summed E-state index contributed by atoms with van der Waals surface area (Å²) in [7, 11) is 0. The third-order valence-corrected chi connectivity index (χ3v) is 3.60. The maximum Gasteiger partial charge on any atom is 0.119 e. The fourth-order valence-corrected chi connectivity index (χ4v) is 2.68. The van der Waals surface area contributed by atoms with E-state index in [-0.39, 0.29) is 0 Å². The molecular weight excluding hydrogens is 216 g/mol. The lowest BCUT2D eigenvalue weighted by molar-refractivity contribution is 0.00348. The Kier molecular flexibility index (Phi) is 3.01. The second kappa shape index (κ2) is 4.64. The molecule has 0 spiro atoms. The molecular formula is C13H18N2O2. The average Bonchev–Trinajstić information content (AvgIpc) is 2.76. The van der Waals surface area contributed by atoms with E-state index in [0.29, 0.717) is 11.8 Å². The summed E-state index contributed by atoms with van der Waals surface area (Å²) in [5.41, 5.74) is 5.90. The van der Waals surface area contributed by atoms with Gasteiger partial charge in [0, 0.05) is 19.1 Å². The van der Waals surface area contributed by atoms with Crippen molar-refractivity contribution in [2.75, 3.05) is 26.3 Å². The quantitative estimate of drug-likeness (QED) is 0.807. The van der Waals surface area contributed by atoms with Crippen LogP contribution in [0.3, 0.4) is 0 Å². The first-order valence-electron chi connectivity index (χ1n) is 6.24. The molecule has 1 unspecified atom stereocenters. The van der Waals surface area contributed by atoms with Crippen LogP contribution in [-0.2, 0) is 11.2 Å². The number of nitrogens with one attached hydrogen (secondary N) is 1. The second-order valence-electron chi connectivity index (χ2n) is 4.66. The SMILES string of the molecule is Oc1cccc2c1CCC2NN1CCOCC1. The Labute approximate surface area is 101 Å². The molecule has 1 aliphatic carbocycles. The summed E-state index contributed by atoms with van der Waals surface area (Å²) in [4.78, 5) is 0. The van der Waals surface area contributed by atoms with Crippen LogP contribution in [0.4, 0.5) is 0 Å². The lowest BCUT2D eigenvalue weighted by Gasteiger charge is -2.30. The first kappa shape index (κ1) is 11.0. The van der Waals surface area contributed by atoms with E-state index in [4.69, 9.17) is 4.74 Å². The van der Waals surface area contributed by atoms with Crippen LogP contribution in [0, 0.1) is 0 Å². The first-order chi connectivity index (χ1) is 8.34. The normalized spacial score (nSPS) is 24.8. The summed E-state index contributed by atoms with van der Waals surface area (Å²) in [6, 6.07) is 6.15. The number of hydrazine groups is 1. The van der Waals surface area contributed by atoms with Gasteiger partial charge in [0.2, 0.25) is 0 Å². The topological polar surface area (TPSA) is 44.7 Å². The van der Waals surface area contributed by atoms with E-state index in [0.717, 1.165) is 44.7 Å². The Balaban J connectivity index is 1.72. The lowest BCUT2D eigenvalue weighted by atomic mass is 10.1. The zero-order chi connectivity index (χ0) is 11.7. The molecule has 0 aromatic heterocycles. The van der Waals surface area contributed by atoms with Crippen LogP contribution in [0.15, 0.2) is 18.2 Å². The minimum absolute atomic E-state index is 0.343. The van der Waals surface area contributed by atoms with Crippen LogP contribution in [0.2, 0.25) is 0 Å². The van der Waals surface area contributed by atoms with E-state index in [1.165, 1.54) is 5.56 Å². The number of phenols is 1. The Bertz CT molecular complexity index is 402. The molecule has 17 heavy (non-hydrogen) atoms. The van der Waals surface area contributed by atoms with Crippen molar-refractivity contribution < 1.29 is 9.84 Å². The van der Waals surface area contributed by atoms with Crippen molar-refractivity contribution in [1.82, 2.24) is 10.4 Å². The number of benzene rings is 1. The molecule has 1 saturated heterocycles. The summed E-state index contributed by atoms with van der Waals surface area (Å²) >= 11 is 0. The zero-order valence-electron chi connectivity index (χ0n) is 9.85. The van der Waals surface area contributed by atoms with E-state index in [9.17, 15) is 5.11 Å². The van der Waals surface area contributed by atoms with Crippen LogP contribution >= 0.6 is 0 Å². The largest absolute Gasteiger partial charge is 0.508 e. The van der Waals surface area contributed by atoms with Crippen molar-refractivity contribution in [3.8, 4) is 5.75 Å². The number of hydrogen-bond acceptors (Lipinski definition) is 4. The molecule has 0 amide bonds. The smallest absolute Gasteiger partial charge is 0.119 e. The third kappa shape index (κ3) is 2.16. The summed E-state index contributed by atoms with van der Waals surface area (Å²) in [5, 5.41) is 12.0. The Hall–Kier alpha value is -1.10. The Morgan fingerprint density at radius 1 is 1.29 bits per heavy atom. The molecule has 0 bridgehead atoms. The van der Waals surface area contributed by atoms with Gasteiger partial charge in [0.05, 0.1) is 13.2 Å². The molecule has 4 nitrogen and oxygen atoms in total. The molecule has 0 radical (unpaired) electrons. The summed E-state index contributed by atoms with van der Waals surface area (Å²) in [5.74, 6) is 0.439. The predicted molar refractivity (Wildman–Crippen MR) is 64.7 cm³/mol. The van der Waals surface area contributed by atoms with Crippen molar-refractivity contribution in [2.45, 2.75) is 18.9 Å². The molecule has 1 aliphatic heterocycles. The van der Waals surface area contributed by atoms with E-state index >= 15 is 0 Å². The highest BCUT2D eigenvalue weighted by atomic mass is 16.5. The van der Waals surface area contributed by atoms with Crippen LogP contribution in [-0.4, -0.2) is 36.4 Å². The fraction of sp³-hybridized carbons (Fsp3) is 0.538. The van der Waals surface area contributed by atoms with Crippen LogP contribution < -0.4 is 5.43 Å². The number of fused-ring (bicyclic) bond motifs is 1. The molecule has 2 N–H and O–H groups in total. The van der Waals surface area contributed by atoms with Crippen molar-refractivity contribution in [3.63, 3.8) is 0 Å². The molecule has 1 heterocycles. The average molecular weight is 234 g/mol. The van der Waals surface area contributed by atoms with E-state index in [1.54, 1.807) is 6.07 Å². The van der Waals surface area contributed by atoms with Crippen LogP contribution in [0.1, 0.15) is 23.6 Å². The van der Waals surface area contributed by atoms with E-state index in [1.807, 2.05) is 6.07 Å². The number of aromatic hydroxyl groups is 1. The number of rotatable bonds is 2. The number of nitrogens with zero attached hydrogens (tertiary/aromatic N) is 1. The number of hydrogen-bond donors (Lipinski definition) is 2. The van der Waals surface area contributed by atoms with Crippen LogP contribution in [0.5, 0.6) is 5.75 Å². The first-order valence-corrected chi connectivity index (χ1v) is 6.24. The highest BCUT2D eigenvalue weighted by Crippen LogP contribution is 2.36. The van der Waals surface area contributed by atoms with Crippen molar-refractivity contribution in [1.29, 1.82) is 0 Å². The van der Waals surface area contributed by atoms with Crippen LogP contribution in [0.25, 0.3) is 0 Å². The standard InChI is InChI=1S/C13H18N2O2/c16-13-3-1-2-10-11(13)4-5-12(10)14-15-6-8-17-9-7-15/h1-3,12,14,16H,4-9H2. The molecule has 1 atom stereocenters. The number of phenolic OH excluding ortho intramolecular Hbond substituents is 1. The van der Waals surface area contributed by atoms with Gasteiger partial charge in [-0.1, -0.05) is 12.1 Å². The molecule has 3 rings (SSSR count). The summed E-state index contributed by atoms with van der Waals surface area (Å²) in [6.45, 7) is 3.47. The maximum absolute atomic E-state index is 9.79. The highest BCUT2D eigenvalue weighted by molar-refractivity contribution is 5.44. The molecule has 0 saturated carbocycles. The number of morpholine rings is 1. The fourth-order valence-electron chi connectivity index (χ4n) is 2.68. The van der Waals surface area contributed by atoms with Gasteiger partial charge >= 0.3 is 0 Å². The van der Waals surface area contributed by atoms with Gasteiger partial charge in [-0.15, -0.1) is 0 Å². The molecule has 2 aliphatic rings. The van der Waals surface area contributed by atoms with Gasteiger partial charge in [0.15, 0.2) is 0 Å². The molecule has 1 aromatic rings. The van der Waals surface area contributed by atoms with Gasteiger partial charge in [0.25, 0.3) is 0 Å². The van der Waals surface area contributed by atoms with Gasteiger partial charge < -0.3 is 9.84 Å². The van der Waals surface area contributed by atoms with E-state index < -0.39 is 0 Å². The van der Waals surface area contributed by atoms with Gasteiger partial charge in [-0.3, -0.25) is 0 Å². The molecule has 1 aromatic carbocycles. The molecule has 4 heteroatoms. The minimum Gasteiger partial charge on any atom is -0.508 e. The Morgan fingerprint density at radius 3 is 2.94 bits per heavy atom. The molecule has 1 fully saturated rings. The maximum atomic E-state index is 9.79. The lowest BCUT2D eigenvalue weighted by Crippen LogP contribution is -2.46. The minimum atomic E-state index is 0.343. The Morgan fingerprint density at radius 2 is 2.12 bits per heavy atom. The van der Waals surface area contributed by atoms with Crippen molar-refractivity contribution >= 4 is 0 Å². The monoisotopic (exact) mass is 234 g/mol. The van der Waals surface area contributed by atoms with Gasteiger partial charge in [-0.05, 0) is 30.0 Å². The van der Waals surface area contributed by atoms with Gasteiger partial charge in [0.1, 0.15) is 5.75 Å². The molecule has 92 valence electrons. The highest BCUT2D eigenvalue weighted by Gasteiger charge is 2.26. The zero-order valence-corrected chi connectivity index (χ0v) is 9.85. The van der Waals surface area contributed by atoms with Gasteiger partial charge in [-0.25, -0.2) is 10.4 Å². The van der Waals surface area contributed by atoms with E-state index in [2.05, 4.69) is 16.5 Å². The second-order valence-corrected chi connectivity index (χ2v) is 4.66.